The number of rotatable bonds is 4. The van der Waals surface area contributed by atoms with Gasteiger partial charge in [-0.3, -0.25) is 9.59 Å². The van der Waals surface area contributed by atoms with Gasteiger partial charge in [0.05, 0.1) is 5.56 Å². The molecule has 0 aliphatic carbocycles. The first-order chi connectivity index (χ1) is 10.4. The summed E-state index contributed by atoms with van der Waals surface area (Å²) in [4.78, 5) is 28.8. The van der Waals surface area contributed by atoms with Gasteiger partial charge >= 0.3 is 0 Å². The van der Waals surface area contributed by atoms with Crippen LogP contribution in [-0.4, -0.2) is 24.9 Å². The molecule has 2 rings (SSSR count). The monoisotopic (exact) mass is 296 g/mol. The zero-order chi connectivity index (χ0) is 16.3. The van der Waals surface area contributed by atoms with E-state index in [1.54, 1.807) is 26.0 Å². The molecule has 4 nitrogen and oxygen atoms in total. The molecule has 0 saturated heterocycles. The topological polar surface area (TPSA) is 53.2 Å². The minimum absolute atomic E-state index is 0.201. The molecule has 1 aromatic heterocycles. The number of aryl methyl sites for hydroxylation is 2. The van der Waals surface area contributed by atoms with E-state index in [1.807, 2.05) is 43.3 Å². The number of aromatic amines is 1. The van der Waals surface area contributed by atoms with Crippen LogP contribution in [0.25, 0.3) is 6.08 Å². The van der Waals surface area contributed by atoms with E-state index >= 15 is 0 Å². The summed E-state index contributed by atoms with van der Waals surface area (Å²) in [5.41, 5.74) is 3.32. The Morgan fingerprint density at radius 2 is 1.77 bits per heavy atom. The molecule has 0 saturated carbocycles. The average molecular weight is 296 g/mol. The van der Waals surface area contributed by atoms with Crippen LogP contribution in [0.15, 0.2) is 41.2 Å². The van der Waals surface area contributed by atoms with E-state index in [0.717, 1.165) is 16.9 Å². The molecular formula is C18H20N2O2. The lowest BCUT2D eigenvalue weighted by molar-refractivity contribution is 0.104. The maximum Gasteiger partial charge on any atom is 0.259 e. The molecule has 0 spiro atoms. The Balaban J connectivity index is 2.23. The third-order valence-corrected chi connectivity index (χ3v) is 3.45. The van der Waals surface area contributed by atoms with Crippen LogP contribution in [0.2, 0.25) is 0 Å². The maximum atomic E-state index is 12.2. The number of nitrogens with one attached hydrogen (secondary N) is 1. The van der Waals surface area contributed by atoms with Crippen molar-refractivity contribution in [3.63, 3.8) is 0 Å². The van der Waals surface area contributed by atoms with Gasteiger partial charge in [0.1, 0.15) is 0 Å². The standard InChI is InChI=1S/C18H20N2O2/c1-12-11-13(2)19-18(22)17(12)16(21)10-7-14-5-8-15(9-6-14)20(3)4/h5-11H,1-4H3,(H,19,22)/b10-7+. The average Bonchev–Trinajstić information content (AvgIpc) is 2.44. The lowest BCUT2D eigenvalue weighted by atomic mass is 10.0. The molecule has 0 aliphatic heterocycles. The first-order valence-corrected chi connectivity index (χ1v) is 7.09. The summed E-state index contributed by atoms with van der Waals surface area (Å²) < 4.78 is 0. The summed E-state index contributed by atoms with van der Waals surface area (Å²) >= 11 is 0. The van der Waals surface area contributed by atoms with E-state index < -0.39 is 0 Å². The summed E-state index contributed by atoms with van der Waals surface area (Å²) in [6.45, 7) is 3.57. The first kappa shape index (κ1) is 15.8. The number of allylic oxidation sites excluding steroid dienone is 1. The number of H-pyrrole nitrogens is 1. The molecule has 1 N–H and O–H groups in total. The van der Waals surface area contributed by atoms with E-state index in [0.29, 0.717) is 5.56 Å². The number of anilines is 1. The molecule has 1 heterocycles. The zero-order valence-electron chi connectivity index (χ0n) is 13.3. The molecule has 2 aromatic rings. The van der Waals surface area contributed by atoms with Crippen molar-refractivity contribution in [3.8, 4) is 0 Å². The van der Waals surface area contributed by atoms with Gasteiger partial charge in [-0.2, -0.15) is 0 Å². The van der Waals surface area contributed by atoms with Crippen LogP contribution in [0.4, 0.5) is 5.69 Å². The number of hydrogen-bond donors (Lipinski definition) is 1. The van der Waals surface area contributed by atoms with Gasteiger partial charge in [-0.05, 0) is 49.2 Å². The Labute approximate surface area is 130 Å². The number of aromatic nitrogens is 1. The molecule has 0 bridgehead atoms. The minimum atomic E-state index is -0.338. The molecular weight excluding hydrogens is 276 g/mol. The Kier molecular flexibility index (Phi) is 4.61. The number of nitrogens with zero attached hydrogens (tertiary/aromatic N) is 1. The Morgan fingerprint density at radius 1 is 1.14 bits per heavy atom. The van der Waals surface area contributed by atoms with Crippen LogP contribution in [0.3, 0.4) is 0 Å². The van der Waals surface area contributed by atoms with Gasteiger partial charge in [0, 0.05) is 25.5 Å². The van der Waals surface area contributed by atoms with Crippen molar-refractivity contribution < 1.29 is 4.79 Å². The Hall–Kier alpha value is -2.62. The predicted molar refractivity (Wildman–Crippen MR) is 90.7 cm³/mol. The van der Waals surface area contributed by atoms with Crippen molar-refractivity contribution in [2.45, 2.75) is 13.8 Å². The molecule has 0 amide bonds. The van der Waals surface area contributed by atoms with Crippen molar-refractivity contribution in [1.82, 2.24) is 4.98 Å². The van der Waals surface area contributed by atoms with Crippen LogP contribution in [-0.2, 0) is 0 Å². The van der Waals surface area contributed by atoms with E-state index in [1.165, 1.54) is 6.08 Å². The molecule has 0 radical (unpaired) electrons. The highest BCUT2D eigenvalue weighted by Gasteiger charge is 2.11. The van der Waals surface area contributed by atoms with Gasteiger partial charge in [0.15, 0.2) is 5.78 Å². The summed E-state index contributed by atoms with van der Waals surface area (Å²) in [5.74, 6) is -0.282. The molecule has 114 valence electrons. The van der Waals surface area contributed by atoms with Crippen molar-refractivity contribution in [1.29, 1.82) is 0 Å². The van der Waals surface area contributed by atoms with Crippen molar-refractivity contribution in [3.05, 3.63) is 69.1 Å². The molecule has 0 unspecified atom stereocenters. The summed E-state index contributed by atoms with van der Waals surface area (Å²) in [5, 5.41) is 0. The normalized spacial score (nSPS) is 10.9. The second-order valence-corrected chi connectivity index (χ2v) is 5.52. The molecule has 0 aliphatic rings. The number of carbonyl (C=O) groups excluding carboxylic acids is 1. The fourth-order valence-electron chi connectivity index (χ4n) is 2.30. The smallest absolute Gasteiger partial charge is 0.259 e. The SMILES string of the molecule is Cc1cc(C)c(C(=O)/C=C/c2ccc(N(C)C)cc2)c(=O)[nH]1. The van der Waals surface area contributed by atoms with Crippen LogP contribution in [0.1, 0.15) is 27.2 Å². The quantitative estimate of drug-likeness (QED) is 0.697. The number of hydrogen-bond acceptors (Lipinski definition) is 3. The molecule has 0 fully saturated rings. The minimum Gasteiger partial charge on any atom is -0.378 e. The summed E-state index contributed by atoms with van der Waals surface area (Å²) in [6.07, 6.45) is 3.16. The van der Waals surface area contributed by atoms with Gasteiger partial charge in [-0.25, -0.2) is 0 Å². The highest BCUT2D eigenvalue weighted by atomic mass is 16.1. The van der Waals surface area contributed by atoms with Crippen molar-refractivity contribution in [2.75, 3.05) is 19.0 Å². The first-order valence-electron chi connectivity index (χ1n) is 7.09. The molecule has 0 atom stereocenters. The molecule has 1 aromatic carbocycles. The van der Waals surface area contributed by atoms with Crippen LogP contribution in [0.5, 0.6) is 0 Å². The van der Waals surface area contributed by atoms with Gasteiger partial charge in [0.25, 0.3) is 5.56 Å². The van der Waals surface area contributed by atoms with E-state index in [-0.39, 0.29) is 16.9 Å². The van der Waals surface area contributed by atoms with Gasteiger partial charge < -0.3 is 9.88 Å². The van der Waals surface area contributed by atoms with Crippen LogP contribution < -0.4 is 10.5 Å². The second kappa shape index (κ2) is 6.43. The van der Waals surface area contributed by atoms with Gasteiger partial charge in [-0.1, -0.05) is 18.2 Å². The van der Waals surface area contributed by atoms with Crippen molar-refractivity contribution in [2.24, 2.45) is 0 Å². The number of carbonyl (C=O) groups is 1. The Morgan fingerprint density at radius 3 is 2.32 bits per heavy atom. The molecule has 4 heteroatoms. The highest BCUT2D eigenvalue weighted by molar-refractivity contribution is 6.07. The third kappa shape index (κ3) is 3.52. The second-order valence-electron chi connectivity index (χ2n) is 5.52. The van der Waals surface area contributed by atoms with E-state index in [9.17, 15) is 9.59 Å². The van der Waals surface area contributed by atoms with Gasteiger partial charge in [-0.15, -0.1) is 0 Å². The largest absolute Gasteiger partial charge is 0.378 e. The van der Waals surface area contributed by atoms with Crippen LogP contribution >= 0.6 is 0 Å². The third-order valence-electron chi connectivity index (χ3n) is 3.45. The molecule has 22 heavy (non-hydrogen) atoms. The fraction of sp³-hybridized carbons (Fsp3) is 0.222. The van der Waals surface area contributed by atoms with Crippen LogP contribution in [0, 0.1) is 13.8 Å². The van der Waals surface area contributed by atoms with Gasteiger partial charge in [0.2, 0.25) is 0 Å². The highest BCUT2D eigenvalue weighted by Crippen LogP contribution is 2.13. The Bertz CT molecular complexity index is 769. The van der Waals surface area contributed by atoms with E-state index in [2.05, 4.69) is 4.98 Å². The number of ketones is 1. The fourth-order valence-corrected chi connectivity index (χ4v) is 2.30. The lowest BCUT2D eigenvalue weighted by Crippen LogP contribution is -2.19. The summed E-state index contributed by atoms with van der Waals surface area (Å²) in [7, 11) is 3.95. The van der Waals surface area contributed by atoms with Crippen molar-refractivity contribution >= 4 is 17.5 Å². The maximum absolute atomic E-state index is 12.2. The summed E-state index contributed by atoms with van der Waals surface area (Å²) in [6, 6.07) is 9.63. The zero-order valence-corrected chi connectivity index (χ0v) is 13.3. The lowest BCUT2D eigenvalue weighted by Gasteiger charge is -2.11. The predicted octanol–water partition coefficient (Wildman–Crippen LogP) is 2.95. The number of pyridine rings is 1. The van der Waals surface area contributed by atoms with E-state index in [4.69, 9.17) is 0 Å². The number of benzene rings is 1.